The predicted molar refractivity (Wildman–Crippen MR) is 109 cm³/mol. The highest BCUT2D eigenvalue weighted by Crippen LogP contribution is 2.24. The van der Waals surface area contributed by atoms with Crippen molar-refractivity contribution in [2.45, 2.75) is 46.3 Å². The highest BCUT2D eigenvalue weighted by molar-refractivity contribution is 5.99. The minimum atomic E-state index is -0.667. The zero-order valence-corrected chi connectivity index (χ0v) is 17.3. The summed E-state index contributed by atoms with van der Waals surface area (Å²) in [6.07, 6.45) is 0.447. The second kappa shape index (κ2) is 8.81. The van der Waals surface area contributed by atoms with E-state index in [-0.39, 0.29) is 12.2 Å². The van der Waals surface area contributed by atoms with Gasteiger partial charge < -0.3 is 25.5 Å². The predicted octanol–water partition coefficient (Wildman–Crippen LogP) is 3.03. The fourth-order valence-electron chi connectivity index (χ4n) is 2.88. The molecule has 1 amide bonds. The number of rotatable bonds is 7. The maximum atomic E-state index is 12.6. The lowest BCUT2D eigenvalue weighted by Gasteiger charge is -2.19. The second-order valence-electron chi connectivity index (χ2n) is 7.47. The molecule has 0 aliphatic heterocycles. The molecule has 0 aliphatic rings. The lowest BCUT2D eigenvalue weighted by Crippen LogP contribution is -2.24. The summed E-state index contributed by atoms with van der Waals surface area (Å²) >= 11 is 0. The van der Waals surface area contributed by atoms with Gasteiger partial charge in [0.1, 0.15) is 11.3 Å². The van der Waals surface area contributed by atoms with Crippen LogP contribution < -0.4 is 11.1 Å². The number of ether oxygens (including phenoxy) is 2. The number of carbonyl (C=O) groups excluding carboxylic acids is 3. The topological polar surface area (TPSA) is 124 Å². The molecule has 0 atom stereocenters. The molecule has 0 saturated carbocycles. The Balaban J connectivity index is 2.35. The minimum absolute atomic E-state index is 0.232. The van der Waals surface area contributed by atoms with Gasteiger partial charge >= 0.3 is 11.9 Å². The van der Waals surface area contributed by atoms with Crippen LogP contribution in [-0.4, -0.2) is 35.5 Å². The zero-order valence-electron chi connectivity index (χ0n) is 17.3. The third-order valence-electron chi connectivity index (χ3n) is 4.17. The summed E-state index contributed by atoms with van der Waals surface area (Å²) in [5, 5.41) is 3.16. The van der Waals surface area contributed by atoms with Crippen LogP contribution in [0.5, 0.6) is 0 Å². The number of nitrogens with one attached hydrogen (secondary N) is 2. The molecule has 8 nitrogen and oxygen atoms in total. The number of primary amides is 1. The van der Waals surface area contributed by atoms with E-state index >= 15 is 0 Å². The maximum Gasteiger partial charge on any atom is 0.355 e. The second-order valence-corrected chi connectivity index (χ2v) is 7.47. The van der Waals surface area contributed by atoms with Gasteiger partial charge in [0.25, 0.3) is 0 Å². The first kappa shape index (κ1) is 22.0. The molecule has 29 heavy (non-hydrogen) atoms. The number of amides is 1. The van der Waals surface area contributed by atoms with E-state index in [9.17, 15) is 14.4 Å². The normalized spacial score (nSPS) is 11.1. The van der Waals surface area contributed by atoms with E-state index in [1.54, 1.807) is 45.0 Å². The highest BCUT2D eigenvalue weighted by atomic mass is 16.6. The average Bonchev–Trinajstić information content (AvgIpc) is 3.03. The molecule has 156 valence electrons. The van der Waals surface area contributed by atoms with Gasteiger partial charge in [-0.05, 0) is 57.0 Å². The van der Waals surface area contributed by atoms with Crippen molar-refractivity contribution in [2.24, 2.45) is 5.73 Å². The summed E-state index contributed by atoms with van der Waals surface area (Å²) in [5.74, 6) is -1.58. The molecule has 0 bridgehead atoms. The SMILES string of the molecule is CCc1c(C(=O)OC(C)(C)C)[nH]c(CNc2ccc(C(N)=O)cc2)c1C(=O)OC. The molecule has 0 saturated heterocycles. The number of aromatic nitrogens is 1. The maximum absolute atomic E-state index is 12.6. The van der Waals surface area contributed by atoms with Crippen molar-refractivity contribution in [1.29, 1.82) is 0 Å². The molecule has 4 N–H and O–H groups in total. The number of esters is 2. The Morgan fingerprint density at radius 1 is 1.10 bits per heavy atom. The van der Waals surface area contributed by atoms with Crippen LogP contribution in [0.25, 0.3) is 0 Å². The lowest BCUT2D eigenvalue weighted by molar-refractivity contribution is 0.00621. The number of carbonyl (C=O) groups is 3. The average molecular weight is 401 g/mol. The number of nitrogens with two attached hydrogens (primary N) is 1. The number of hydrogen-bond acceptors (Lipinski definition) is 6. The van der Waals surface area contributed by atoms with Crippen LogP contribution in [0.15, 0.2) is 24.3 Å². The summed E-state index contributed by atoms with van der Waals surface area (Å²) < 4.78 is 10.4. The first-order valence-corrected chi connectivity index (χ1v) is 9.26. The fraction of sp³-hybridized carbons (Fsp3) is 0.381. The van der Waals surface area contributed by atoms with Crippen LogP contribution in [0.2, 0.25) is 0 Å². The molecule has 1 heterocycles. The number of H-pyrrole nitrogens is 1. The van der Waals surface area contributed by atoms with Crippen LogP contribution in [0.3, 0.4) is 0 Å². The summed E-state index contributed by atoms with van der Waals surface area (Å²) in [7, 11) is 1.29. The minimum Gasteiger partial charge on any atom is -0.465 e. The van der Waals surface area contributed by atoms with Gasteiger partial charge in [0.05, 0.1) is 19.2 Å². The molecule has 0 spiro atoms. The number of anilines is 1. The highest BCUT2D eigenvalue weighted by Gasteiger charge is 2.28. The van der Waals surface area contributed by atoms with E-state index in [0.29, 0.717) is 28.8 Å². The van der Waals surface area contributed by atoms with E-state index in [2.05, 4.69) is 10.3 Å². The van der Waals surface area contributed by atoms with Gasteiger partial charge in [-0.2, -0.15) is 0 Å². The van der Waals surface area contributed by atoms with Crippen LogP contribution in [0, 0.1) is 0 Å². The van der Waals surface area contributed by atoms with Crippen molar-refractivity contribution in [3.8, 4) is 0 Å². The van der Waals surface area contributed by atoms with E-state index in [4.69, 9.17) is 15.2 Å². The van der Waals surface area contributed by atoms with Crippen LogP contribution >= 0.6 is 0 Å². The first-order valence-electron chi connectivity index (χ1n) is 9.26. The van der Waals surface area contributed by atoms with Crippen molar-refractivity contribution >= 4 is 23.5 Å². The molecular formula is C21H27N3O5. The lowest BCUT2D eigenvalue weighted by atomic mass is 10.1. The third kappa shape index (κ3) is 5.37. The molecule has 1 aromatic heterocycles. The Bertz CT molecular complexity index is 908. The van der Waals surface area contributed by atoms with Gasteiger partial charge in [0.15, 0.2) is 0 Å². The van der Waals surface area contributed by atoms with Gasteiger partial charge in [-0.15, -0.1) is 0 Å². The summed E-state index contributed by atoms with van der Waals surface area (Å²) in [4.78, 5) is 39.2. The smallest absolute Gasteiger partial charge is 0.355 e. The van der Waals surface area contributed by atoms with E-state index in [1.165, 1.54) is 7.11 Å². The Labute approximate surface area is 169 Å². The number of aromatic amines is 1. The molecule has 2 rings (SSSR count). The molecule has 0 aliphatic carbocycles. The van der Waals surface area contributed by atoms with Crippen molar-refractivity contribution in [1.82, 2.24) is 4.98 Å². The molecule has 2 aromatic rings. The molecular weight excluding hydrogens is 374 g/mol. The quantitative estimate of drug-likeness (QED) is 0.613. The standard InChI is InChI=1S/C21H27N3O5/c1-6-14-16(19(26)28-5)15(24-17(14)20(27)29-21(2,3)4)11-23-13-9-7-12(8-10-13)18(22)25/h7-10,23-24H,6,11H2,1-5H3,(H2,22,25). The Kier molecular flexibility index (Phi) is 6.68. The Morgan fingerprint density at radius 2 is 1.72 bits per heavy atom. The molecule has 0 unspecified atom stereocenters. The summed E-state index contributed by atoms with van der Waals surface area (Å²) in [6.45, 7) is 7.41. The number of methoxy groups -OCH3 is 1. The fourth-order valence-corrected chi connectivity index (χ4v) is 2.88. The number of benzene rings is 1. The van der Waals surface area contributed by atoms with E-state index in [1.807, 2.05) is 6.92 Å². The van der Waals surface area contributed by atoms with Crippen molar-refractivity contribution in [3.63, 3.8) is 0 Å². The molecule has 1 aromatic carbocycles. The van der Waals surface area contributed by atoms with Crippen LogP contribution in [-0.2, 0) is 22.4 Å². The third-order valence-corrected chi connectivity index (χ3v) is 4.17. The van der Waals surface area contributed by atoms with Crippen molar-refractivity contribution < 1.29 is 23.9 Å². The largest absolute Gasteiger partial charge is 0.465 e. The number of hydrogen-bond donors (Lipinski definition) is 3. The van der Waals surface area contributed by atoms with E-state index in [0.717, 1.165) is 5.69 Å². The molecule has 8 heteroatoms. The summed E-state index contributed by atoms with van der Waals surface area (Å²) in [6, 6.07) is 6.61. The Hall–Kier alpha value is -3.29. The van der Waals surface area contributed by atoms with E-state index < -0.39 is 23.4 Å². The molecule has 0 fully saturated rings. The monoisotopic (exact) mass is 401 g/mol. The van der Waals surface area contributed by atoms with Crippen LogP contribution in [0.1, 0.15) is 70.2 Å². The Morgan fingerprint density at radius 3 is 2.21 bits per heavy atom. The van der Waals surface area contributed by atoms with Crippen molar-refractivity contribution in [3.05, 3.63) is 52.3 Å². The zero-order chi connectivity index (χ0) is 21.8. The summed E-state index contributed by atoms with van der Waals surface area (Å²) in [5.41, 5.74) is 7.30. The van der Waals surface area contributed by atoms with Crippen molar-refractivity contribution in [2.75, 3.05) is 12.4 Å². The van der Waals surface area contributed by atoms with Gasteiger partial charge in [-0.1, -0.05) is 6.92 Å². The van der Waals surface area contributed by atoms with Gasteiger partial charge in [0, 0.05) is 16.9 Å². The van der Waals surface area contributed by atoms with Gasteiger partial charge in [-0.3, -0.25) is 4.79 Å². The van der Waals surface area contributed by atoms with Crippen LogP contribution in [0.4, 0.5) is 5.69 Å². The van der Waals surface area contributed by atoms with Gasteiger partial charge in [0.2, 0.25) is 5.91 Å². The first-order chi connectivity index (χ1) is 13.6. The van der Waals surface area contributed by atoms with Gasteiger partial charge in [-0.25, -0.2) is 9.59 Å². The molecule has 0 radical (unpaired) electrons.